The summed E-state index contributed by atoms with van der Waals surface area (Å²) in [6.07, 6.45) is 0. The second kappa shape index (κ2) is 6.40. The van der Waals surface area contributed by atoms with E-state index in [2.05, 4.69) is 15.9 Å². The van der Waals surface area contributed by atoms with Crippen LogP contribution in [0.4, 0.5) is 4.39 Å². The summed E-state index contributed by atoms with van der Waals surface area (Å²) in [7, 11) is 0. The molecule has 0 aliphatic carbocycles. The zero-order chi connectivity index (χ0) is 13.8. The molecule has 0 fully saturated rings. The average Bonchev–Trinajstić information content (AvgIpc) is 2.42. The number of alkyl halides is 1. The Morgan fingerprint density at radius 2 is 1.89 bits per heavy atom. The Kier molecular flexibility index (Phi) is 4.83. The number of ether oxygens (including phenoxy) is 1. The van der Waals surface area contributed by atoms with Crippen molar-refractivity contribution in [1.29, 1.82) is 0 Å². The molecule has 0 radical (unpaired) electrons. The Labute approximate surface area is 125 Å². The van der Waals surface area contributed by atoms with Gasteiger partial charge in [-0.2, -0.15) is 0 Å². The van der Waals surface area contributed by atoms with Crippen molar-refractivity contribution in [1.82, 2.24) is 0 Å². The predicted molar refractivity (Wildman–Crippen MR) is 79.8 cm³/mol. The van der Waals surface area contributed by atoms with Gasteiger partial charge in [-0.25, -0.2) is 4.39 Å². The second-order valence-electron chi connectivity index (χ2n) is 4.01. The Hall–Kier alpha value is -1.06. The lowest BCUT2D eigenvalue weighted by Gasteiger charge is -2.13. The van der Waals surface area contributed by atoms with Crippen molar-refractivity contribution >= 4 is 27.5 Å². The fourth-order valence-electron chi connectivity index (χ4n) is 1.80. The van der Waals surface area contributed by atoms with Gasteiger partial charge in [0.1, 0.15) is 11.6 Å². The zero-order valence-electron chi connectivity index (χ0n) is 10.4. The molecule has 19 heavy (non-hydrogen) atoms. The molecule has 0 aliphatic heterocycles. The Morgan fingerprint density at radius 1 is 1.21 bits per heavy atom. The maximum atomic E-state index is 13.4. The molecule has 0 N–H and O–H groups in total. The van der Waals surface area contributed by atoms with Gasteiger partial charge < -0.3 is 4.74 Å². The van der Waals surface area contributed by atoms with Crippen LogP contribution in [0.25, 0.3) is 0 Å². The van der Waals surface area contributed by atoms with Crippen molar-refractivity contribution in [2.24, 2.45) is 0 Å². The summed E-state index contributed by atoms with van der Waals surface area (Å²) in [6, 6.07) is 12.5. The first-order valence-electron chi connectivity index (χ1n) is 5.94. The molecule has 1 nitrogen and oxygen atoms in total. The summed E-state index contributed by atoms with van der Waals surface area (Å²) in [5, 5.41) is 0.151. The third kappa shape index (κ3) is 3.28. The van der Waals surface area contributed by atoms with Gasteiger partial charge in [-0.1, -0.05) is 51.8 Å². The summed E-state index contributed by atoms with van der Waals surface area (Å²) < 4.78 is 18.8. The molecule has 100 valence electrons. The molecule has 4 heteroatoms. The number of hydrogen-bond donors (Lipinski definition) is 0. The highest BCUT2D eigenvalue weighted by atomic mass is 79.9. The van der Waals surface area contributed by atoms with Crippen molar-refractivity contribution in [2.75, 3.05) is 6.61 Å². The molecule has 0 saturated carbocycles. The third-order valence-corrected chi connectivity index (χ3v) is 4.16. The molecule has 0 saturated heterocycles. The number of benzene rings is 2. The minimum Gasteiger partial charge on any atom is -0.494 e. The summed E-state index contributed by atoms with van der Waals surface area (Å²) in [4.78, 5) is -0.147. The number of rotatable bonds is 4. The zero-order valence-corrected chi connectivity index (χ0v) is 12.7. The normalized spacial score (nSPS) is 12.2. The minimum absolute atomic E-state index is 0.147. The summed E-state index contributed by atoms with van der Waals surface area (Å²) >= 11 is 9.54. The van der Waals surface area contributed by atoms with Crippen LogP contribution in [0.2, 0.25) is 5.02 Å². The first-order valence-corrected chi connectivity index (χ1v) is 7.23. The molecule has 0 spiro atoms. The standard InChI is InChI=1S/C15H13BrClFO/c1-2-19-11-8-6-10(7-9-11)14(16)12-4-3-5-13(18)15(12)17/h3-9,14H,2H2,1H3. The molecule has 0 aromatic heterocycles. The molecular formula is C15H13BrClFO. The van der Waals surface area contributed by atoms with Crippen LogP contribution in [0.1, 0.15) is 22.9 Å². The molecule has 2 aromatic carbocycles. The highest BCUT2D eigenvalue weighted by molar-refractivity contribution is 9.09. The van der Waals surface area contributed by atoms with Crippen molar-refractivity contribution in [3.63, 3.8) is 0 Å². The van der Waals surface area contributed by atoms with Crippen molar-refractivity contribution in [2.45, 2.75) is 11.8 Å². The van der Waals surface area contributed by atoms with Crippen LogP contribution in [0.15, 0.2) is 42.5 Å². The van der Waals surface area contributed by atoms with E-state index in [4.69, 9.17) is 16.3 Å². The van der Waals surface area contributed by atoms with Gasteiger partial charge in [-0.15, -0.1) is 0 Å². The van der Waals surface area contributed by atoms with Crippen molar-refractivity contribution < 1.29 is 9.13 Å². The van der Waals surface area contributed by atoms with Crippen LogP contribution in [-0.2, 0) is 0 Å². The Morgan fingerprint density at radius 3 is 2.53 bits per heavy atom. The SMILES string of the molecule is CCOc1ccc(C(Br)c2cccc(F)c2Cl)cc1. The summed E-state index contributed by atoms with van der Waals surface area (Å²) in [5.74, 6) is 0.408. The van der Waals surface area contributed by atoms with E-state index in [1.807, 2.05) is 31.2 Å². The van der Waals surface area contributed by atoms with E-state index in [1.54, 1.807) is 12.1 Å². The quantitative estimate of drug-likeness (QED) is 0.679. The van der Waals surface area contributed by atoms with Crippen LogP contribution in [0, 0.1) is 5.82 Å². The first kappa shape index (κ1) is 14.4. The maximum Gasteiger partial charge on any atom is 0.142 e. The highest BCUT2D eigenvalue weighted by Gasteiger charge is 2.16. The molecule has 0 heterocycles. The smallest absolute Gasteiger partial charge is 0.142 e. The highest BCUT2D eigenvalue weighted by Crippen LogP contribution is 2.36. The summed E-state index contributed by atoms with van der Waals surface area (Å²) in [6.45, 7) is 2.57. The fraction of sp³-hybridized carbons (Fsp3) is 0.200. The third-order valence-electron chi connectivity index (χ3n) is 2.74. The van der Waals surface area contributed by atoms with Gasteiger partial charge >= 0.3 is 0 Å². The van der Waals surface area contributed by atoms with Crippen molar-refractivity contribution in [3.8, 4) is 5.75 Å². The van der Waals surface area contributed by atoms with E-state index >= 15 is 0 Å². The second-order valence-corrected chi connectivity index (χ2v) is 5.30. The van der Waals surface area contributed by atoms with E-state index in [1.165, 1.54) is 6.07 Å². The van der Waals surface area contributed by atoms with E-state index in [-0.39, 0.29) is 9.85 Å². The Balaban J connectivity index is 2.28. The van der Waals surface area contributed by atoms with E-state index in [9.17, 15) is 4.39 Å². The molecule has 1 atom stereocenters. The summed E-state index contributed by atoms with van der Waals surface area (Å²) in [5.41, 5.74) is 1.71. The van der Waals surface area contributed by atoms with Crippen LogP contribution in [-0.4, -0.2) is 6.61 Å². The Bertz CT molecular complexity index is 557. The van der Waals surface area contributed by atoms with Gasteiger partial charge in [0.15, 0.2) is 0 Å². The maximum absolute atomic E-state index is 13.4. The van der Waals surface area contributed by atoms with Crippen LogP contribution < -0.4 is 4.74 Å². The molecule has 0 bridgehead atoms. The van der Waals surface area contributed by atoms with Gasteiger partial charge in [-0.05, 0) is 36.2 Å². The predicted octanol–water partition coefficient (Wildman–Crippen LogP) is 5.36. The van der Waals surface area contributed by atoms with Crippen molar-refractivity contribution in [3.05, 3.63) is 64.4 Å². The number of hydrogen-bond acceptors (Lipinski definition) is 1. The van der Waals surface area contributed by atoms with Crippen LogP contribution in [0.3, 0.4) is 0 Å². The van der Waals surface area contributed by atoms with E-state index < -0.39 is 5.82 Å². The van der Waals surface area contributed by atoms with Gasteiger partial charge in [0.2, 0.25) is 0 Å². The molecule has 0 aliphatic rings. The molecular weight excluding hydrogens is 331 g/mol. The monoisotopic (exact) mass is 342 g/mol. The molecule has 1 unspecified atom stereocenters. The average molecular weight is 344 g/mol. The number of halogens is 3. The van der Waals surface area contributed by atoms with Gasteiger partial charge in [0.25, 0.3) is 0 Å². The minimum atomic E-state index is -0.408. The van der Waals surface area contributed by atoms with Crippen LogP contribution >= 0.6 is 27.5 Å². The lowest BCUT2D eigenvalue weighted by Crippen LogP contribution is -1.96. The lowest BCUT2D eigenvalue weighted by atomic mass is 10.0. The van der Waals surface area contributed by atoms with Gasteiger partial charge in [0.05, 0.1) is 16.5 Å². The largest absolute Gasteiger partial charge is 0.494 e. The lowest BCUT2D eigenvalue weighted by molar-refractivity contribution is 0.340. The van der Waals surface area contributed by atoms with Gasteiger partial charge in [0, 0.05) is 0 Å². The molecule has 2 rings (SSSR count). The van der Waals surface area contributed by atoms with E-state index in [0.717, 1.165) is 11.3 Å². The topological polar surface area (TPSA) is 9.23 Å². The first-order chi connectivity index (χ1) is 9.13. The van der Waals surface area contributed by atoms with Crippen LogP contribution in [0.5, 0.6) is 5.75 Å². The fourth-order valence-corrected chi connectivity index (χ4v) is 2.85. The van der Waals surface area contributed by atoms with E-state index in [0.29, 0.717) is 12.2 Å². The van der Waals surface area contributed by atoms with Gasteiger partial charge in [-0.3, -0.25) is 0 Å². The molecule has 2 aromatic rings. The molecule has 0 amide bonds.